The number of halogens is 5. The van der Waals surface area contributed by atoms with Gasteiger partial charge in [0.15, 0.2) is 0 Å². The van der Waals surface area contributed by atoms with Crippen molar-refractivity contribution in [2.24, 2.45) is 0 Å². The number of amides is 1. The van der Waals surface area contributed by atoms with Crippen molar-refractivity contribution in [1.82, 2.24) is 4.98 Å². The van der Waals surface area contributed by atoms with Crippen LogP contribution in [0.2, 0.25) is 0 Å². The van der Waals surface area contributed by atoms with Crippen molar-refractivity contribution in [3.63, 3.8) is 0 Å². The first-order chi connectivity index (χ1) is 9.77. The van der Waals surface area contributed by atoms with Gasteiger partial charge in [0.25, 0.3) is 5.91 Å². The number of hydrogen-bond acceptors (Lipinski definition) is 2. The molecular formula is C13H7F5N2O. The zero-order valence-corrected chi connectivity index (χ0v) is 10.2. The van der Waals surface area contributed by atoms with Gasteiger partial charge in [-0.2, -0.15) is 17.6 Å². The Balaban J connectivity index is 2.26. The largest absolute Gasteiger partial charge is 0.419 e. The van der Waals surface area contributed by atoms with Gasteiger partial charge >= 0.3 is 6.18 Å². The summed E-state index contributed by atoms with van der Waals surface area (Å²) in [5.41, 5.74) is -1.88. The number of hydrogen-bond donors (Lipinski definition) is 1. The first kappa shape index (κ1) is 14.9. The summed E-state index contributed by atoms with van der Waals surface area (Å²) in [5, 5.41) is 2.13. The molecule has 8 heteroatoms. The number of carbonyl (C=O) groups excluding carboxylic acids is 1. The fourth-order valence-corrected chi connectivity index (χ4v) is 1.57. The second-order valence-electron chi connectivity index (χ2n) is 4.01. The molecule has 0 aliphatic rings. The van der Waals surface area contributed by atoms with Crippen molar-refractivity contribution in [3.05, 3.63) is 59.4 Å². The molecule has 2 aromatic rings. The van der Waals surface area contributed by atoms with Crippen LogP contribution in [-0.4, -0.2) is 10.9 Å². The number of alkyl halides is 3. The van der Waals surface area contributed by atoms with Gasteiger partial charge in [-0.15, -0.1) is 0 Å². The van der Waals surface area contributed by atoms with Crippen LogP contribution >= 0.6 is 0 Å². The van der Waals surface area contributed by atoms with Crippen LogP contribution < -0.4 is 5.32 Å². The van der Waals surface area contributed by atoms with Gasteiger partial charge in [-0.1, -0.05) is 0 Å². The lowest BCUT2D eigenvalue weighted by Crippen LogP contribution is -2.14. The molecule has 0 fully saturated rings. The summed E-state index contributed by atoms with van der Waals surface area (Å²) in [6.45, 7) is 0. The van der Waals surface area contributed by atoms with E-state index >= 15 is 0 Å². The number of pyridine rings is 1. The number of aromatic nitrogens is 1. The summed E-state index contributed by atoms with van der Waals surface area (Å²) in [7, 11) is 0. The Hall–Kier alpha value is -2.51. The van der Waals surface area contributed by atoms with Crippen LogP contribution in [0.5, 0.6) is 0 Å². The summed E-state index contributed by atoms with van der Waals surface area (Å²) in [4.78, 5) is 15.0. The van der Waals surface area contributed by atoms with E-state index in [1.165, 1.54) is 6.07 Å². The van der Waals surface area contributed by atoms with Crippen molar-refractivity contribution < 1.29 is 26.7 Å². The van der Waals surface area contributed by atoms with E-state index < -0.39 is 29.4 Å². The first-order valence-corrected chi connectivity index (χ1v) is 5.57. The van der Waals surface area contributed by atoms with E-state index in [0.29, 0.717) is 12.1 Å². The monoisotopic (exact) mass is 302 g/mol. The predicted molar refractivity (Wildman–Crippen MR) is 63.6 cm³/mol. The lowest BCUT2D eigenvalue weighted by Gasteiger charge is -2.11. The highest BCUT2D eigenvalue weighted by atomic mass is 19.4. The fourth-order valence-electron chi connectivity index (χ4n) is 1.57. The zero-order valence-electron chi connectivity index (χ0n) is 10.2. The van der Waals surface area contributed by atoms with E-state index in [1.54, 1.807) is 0 Å². The molecule has 1 aromatic heterocycles. The smallest absolute Gasteiger partial charge is 0.322 e. The molecule has 1 heterocycles. The van der Waals surface area contributed by atoms with Crippen molar-refractivity contribution in [2.45, 2.75) is 6.18 Å². The van der Waals surface area contributed by atoms with Gasteiger partial charge in [-0.3, -0.25) is 4.79 Å². The molecule has 1 aromatic carbocycles. The van der Waals surface area contributed by atoms with Crippen LogP contribution in [0.25, 0.3) is 0 Å². The molecule has 1 amide bonds. The van der Waals surface area contributed by atoms with E-state index in [4.69, 9.17) is 0 Å². The van der Waals surface area contributed by atoms with Crippen LogP contribution in [0.3, 0.4) is 0 Å². The van der Waals surface area contributed by atoms with Gasteiger partial charge in [-0.05, 0) is 24.3 Å². The second kappa shape index (κ2) is 5.47. The molecule has 0 radical (unpaired) electrons. The van der Waals surface area contributed by atoms with E-state index in [1.807, 2.05) is 0 Å². The molecule has 0 unspecified atom stereocenters. The minimum atomic E-state index is -4.88. The van der Waals surface area contributed by atoms with Gasteiger partial charge in [0.1, 0.15) is 5.82 Å². The molecule has 0 aliphatic carbocycles. The quantitative estimate of drug-likeness (QED) is 0.680. The van der Waals surface area contributed by atoms with Gasteiger partial charge in [0, 0.05) is 23.5 Å². The number of rotatable bonds is 2. The standard InChI is InChI=1S/C13H7F5N2O/c14-10-2-1-8(6-9(10)13(16,17)18)20-12(21)7-3-4-19-11(15)5-7/h1-6H,(H,20,21). The number of benzene rings is 1. The second-order valence-corrected chi connectivity index (χ2v) is 4.01. The SMILES string of the molecule is O=C(Nc1ccc(F)c(C(F)(F)F)c1)c1ccnc(F)c1. The highest BCUT2D eigenvalue weighted by molar-refractivity contribution is 6.04. The Morgan fingerprint density at radius 3 is 2.43 bits per heavy atom. The van der Waals surface area contributed by atoms with E-state index in [-0.39, 0.29) is 11.3 Å². The molecule has 0 saturated heterocycles. The molecule has 3 nitrogen and oxygen atoms in total. The maximum Gasteiger partial charge on any atom is 0.419 e. The molecule has 21 heavy (non-hydrogen) atoms. The first-order valence-electron chi connectivity index (χ1n) is 5.57. The molecular weight excluding hydrogens is 295 g/mol. The minimum Gasteiger partial charge on any atom is -0.322 e. The lowest BCUT2D eigenvalue weighted by molar-refractivity contribution is -0.139. The Morgan fingerprint density at radius 2 is 1.81 bits per heavy atom. The van der Waals surface area contributed by atoms with Crippen molar-refractivity contribution in [2.75, 3.05) is 5.32 Å². The molecule has 0 saturated carbocycles. The van der Waals surface area contributed by atoms with Crippen molar-refractivity contribution in [1.29, 1.82) is 0 Å². The van der Waals surface area contributed by atoms with Gasteiger partial charge in [0.2, 0.25) is 5.95 Å². The van der Waals surface area contributed by atoms with E-state index in [9.17, 15) is 26.7 Å². The van der Waals surface area contributed by atoms with Gasteiger partial charge < -0.3 is 5.32 Å². The van der Waals surface area contributed by atoms with Gasteiger partial charge in [-0.25, -0.2) is 9.37 Å². The van der Waals surface area contributed by atoms with Crippen molar-refractivity contribution >= 4 is 11.6 Å². The highest BCUT2D eigenvalue weighted by Gasteiger charge is 2.34. The third-order valence-electron chi connectivity index (χ3n) is 2.52. The van der Waals surface area contributed by atoms with E-state index in [2.05, 4.69) is 10.3 Å². The molecule has 2 rings (SSSR count). The summed E-state index contributed by atoms with van der Waals surface area (Å²) in [6, 6.07) is 4.03. The molecule has 110 valence electrons. The van der Waals surface area contributed by atoms with Crippen LogP contribution in [0.15, 0.2) is 36.5 Å². The zero-order chi connectivity index (χ0) is 15.6. The Morgan fingerprint density at radius 1 is 1.10 bits per heavy atom. The molecule has 0 bridgehead atoms. The van der Waals surface area contributed by atoms with Crippen LogP contribution in [0, 0.1) is 11.8 Å². The predicted octanol–water partition coefficient (Wildman–Crippen LogP) is 3.63. The minimum absolute atomic E-state index is 0.125. The Kier molecular flexibility index (Phi) is 3.88. The van der Waals surface area contributed by atoms with Crippen LogP contribution in [0.1, 0.15) is 15.9 Å². The maximum absolute atomic E-state index is 13.1. The molecule has 0 aliphatic heterocycles. The Bertz CT molecular complexity index is 685. The topological polar surface area (TPSA) is 42.0 Å². The van der Waals surface area contributed by atoms with Crippen LogP contribution in [-0.2, 0) is 6.18 Å². The summed E-state index contributed by atoms with van der Waals surface area (Å²) >= 11 is 0. The highest BCUT2D eigenvalue weighted by Crippen LogP contribution is 2.33. The summed E-state index contributed by atoms with van der Waals surface area (Å²) < 4.78 is 63.5. The van der Waals surface area contributed by atoms with Crippen LogP contribution in [0.4, 0.5) is 27.6 Å². The molecule has 0 spiro atoms. The number of nitrogens with one attached hydrogen (secondary N) is 1. The third-order valence-corrected chi connectivity index (χ3v) is 2.52. The molecule has 0 atom stereocenters. The number of anilines is 1. The third kappa shape index (κ3) is 3.53. The average molecular weight is 302 g/mol. The average Bonchev–Trinajstić information content (AvgIpc) is 2.39. The maximum atomic E-state index is 13.1. The molecule has 1 N–H and O–H groups in total. The van der Waals surface area contributed by atoms with Crippen molar-refractivity contribution in [3.8, 4) is 0 Å². The number of nitrogens with zero attached hydrogens (tertiary/aromatic N) is 1. The Labute approximate surface area is 115 Å². The lowest BCUT2D eigenvalue weighted by atomic mass is 10.1. The fraction of sp³-hybridized carbons (Fsp3) is 0.0769. The van der Waals surface area contributed by atoms with E-state index in [0.717, 1.165) is 18.3 Å². The summed E-state index contributed by atoms with van der Waals surface area (Å²) in [6.07, 6.45) is -3.84. The normalized spacial score (nSPS) is 11.3. The van der Waals surface area contributed by atoms with Gasteiger partial charge in [0.05, 0.1) is 5.56 Å². The number of carbonyl (C=O) groups is 1. The summed E-state index contributed by atoms with van der Waals surface area (Å²) in [5.74, 6) is -3.19.